The van der Waals surface area contributed by atoms with E-state index in [0.717, 1.165) is 17.8 Å². The highest BCUT2D eigenvalue weighted by atomic mass is 19.1. The van der Waals surface area contributed by atoms with Crippen molar-refractivity contribution >= 4 is 0 Å². The lowest BCUT2D eigenvalue weighted by Crippen LogP contribution is -2.16. The number of hydrogen-bond acceptors (Lipinski definition) is 2. The van der Waals surface area contributed by atoms with Crippen LogP contribution in [0.15, 0.2) is 30.7 Å². The molecule has 0 unspecified atom stereocenters. The second kappa shape index (κ2) is 5.09. The molecule has 1 aromatic heterocycles. The predicted octanol–water partition coefficient (Wildman–Crippen LogP) is 2.79. The van der Waals surface area contributed by atoms with Crippen LogP contribution in [0.2, 0.25) is 0 Å². The minimum absolute atomic E-state index is 0.305. The Morgan fingerprint density at radius 2 is 2.11 bits per heavy atom. The van der Waals surface area contributed by atoms with E-state index in [0.29, 0.717) is 24.7 Å². The molecule has 1 fully saturated rings. The third-order valence-electron chi connectivity index (χ3n) is 3.32. The minimum atomic E-state index is -0.416. The fraction of sp³-hybridized carbons (Fsp3) is 0.357. The maximum atomic E-state index is 13.4. The first-order valence-corrected chi connectivity index (χ1v) is 6.39. The zero-order valence-corrected chi connectivity index (χ0v) is 10.4. The van der Waals surface area contributed by atoms with E-state index in [4.69, 9.17) is 0 Å². The fourth-order valence-corrected chi connectivity index (χ4v) is 2.15. The number of aromatic nitrogens is 2. The molecule has 0 radical (unpaired) electrons. The Labute approximate surface area is 110 Å². The lowest BCUT2D eigenvalue weighted by Gasteiger charge is -2.08. The van der Waals surface area contributed by atoms with Crippen molar-refractivity contribution in [3.05, 3.63) is 53.6 Å². The Balaban J connectivity index is 1.60. The molecule has 0 bridgehead atoms. The van der Waals surface area contributed by atoms with Crippen LogP contribution in [0.3, 0.4) is 0 Å². The van der Waals surface area contributed by atoms with Crippen LogP contribution >= 0.6 is 0 Å². The summed E-state index contributed by atoms with van der Waals surface area (Å²) in [7, 11) is 0. The maximum absolute atomic E-state index is 13.4. The van der Waals surface area contributed by atoms with E-state index in [1.54, 1.807) is 0 Å². The van der Waals surface area contributed by atoms with Crippen LogP contribution in [-0.4, -0.2) is 9.55 Å². The summed E-state index contributed by atoms with van der Waals surface area (Å²) in [5, 5.41) is 3.13. The van der Waals surface area contributed by atoms with Gasteiger partial charge < -0.3 is 9.88 Å². The standard InChI is InChI=1S/C14H15F2N3/c15-11-1-4-14(16)10(5-11)6-17-7-13-8-18-9-19(13)12-2-3-12/h1,4-5,8-9,12,17H,2-3,6-7H2. The summed E-state index contributed by atoms with van der Waals surface area (Å²) >= 11 is 0. The number of nitrogens with zero attached hydrogens (tertiary/aromatic N) is 2. The summed E-state index contributed by atoms with van der Waals surface area (Å²) in [6.45, 7) is 0.909. The van der Waals surface area contributed by atoms with E-state index in [9.17, 15) is 8.78 Å². The first kappa shape index (κ1) is 12.3. The summed E-state index contributed by atoms with van der Waals surface area (Å²) in [5.41, 5.74) is 1.43. The van der Waals surface area contributed by atoms with Crippen LogP contribution in [-0.2, 0) is 13.1 Å². The highest BCUT2D eigenvalue weighted by Crippen LogP contribution is 2.35. The number of nitrogens with one attached hydrogen (secondary N) is 1. The van der Waals surface area contributed by atoms with Gasteiger partial charge in [-0.3, -0.25) is 0 Å². The zero-order chi connectivity index (χ0) is 13.2. The fourth-order valence-electron chi connectivity index (χ4n) is 2.15. The summed E-state index contributed by atoms with van der Waals surface area (Å²) in [4.78, 5) is 4.13. The van der Waals surface area contributed by atoms with Crippen molar-refractivity contribution in [2.45, 2.75) is 32.0 Å². The summed E-state index contributed by atoms with van der Waals surface area (Å²) < 4.78 is 28.6. The number of rotatable bonds is 5. The first-order chi connectivity index (χ1) is 9.24. The van der Waals surface area contributed by atoms with Crippen molar-refractivity contribution in [3.63, 3.8) is 0 Å². The van der Waals surface area contributed by atoms with Gasteiger partial charge in [0.05, 0.1) is 12.0 Å². The second-order valence-corrected chi connectivity index (χ2v) is 4.86. The minimum Gasteiger partial charge on any atom is -0.330 e. The van der Waals surface area contributed by atoms with Crippen LogP contribution in [0.1, 0.15) is 30.1 Å². The van der Waals surface area contributed by atoms with Crippen molar-refractivity contribution in [2.24, 2.45) is 0 Å². The third-order valence-corrected chi connectivity index (χ3v) is 3.32. The molecule has 0 atom stereocenters. The number of benzene rings is 1. The summed E-state index contributed by atoms with van der Waals surface area (Å²) in [5.74, 6) is -0.800. The van der Waals surface area contributed by atoms with Crippen molar-refractivity contribution in [3.8, 4) is 0 Å². The molecule has 0 aliphatic heterocycles. The van der Waals surface area contributed by atoms with Gasteiger partial charge in [0, 0.05) is 30.9 Å². The van der Waals surface area contributed by atoms with Crippen LogP contribution < -0.4 is 5.32 Å². The molecule has 3 nitrogen and oxygen atoms in total. The molecule has 1 aliphatic carbocycles. The normalized spacial score (nSPS) is 14.8. The van der Waals surface area contributed by atoms with Crippen molar-refractivity contribution in [1.29, 1.82) is 0 Å². The van der Waals surface area contributed by atoms with Crippen LogP contribution in [0.5, 0.6) is 0 Å². The number of halogens is 2. The largest absolute Gasteiger partial charge is 0.330 e. The molecule has 3 rings (SSSR count). The number of imidazole rings is 1. The van der Waals surface area contributed by atoms with Gasteiger partial charge in [-0.05, 0) is 31.0 Å². The van der Waals surface area contributed by atoms with Crippen LogP contribution in [0.25, 0.3) is 0 Å². The molecule has 2 aromatic rings. The van der Waals surface area contributed by atoms with Gasteiger partial charge in [-0.15, -0.1) is 0 Å². The van der Waals surface area contributed by atoms with Gasteiger partial charge in [-0.25, -0.2) is 13.8 Å². The molecular formula is C14H15F2N3. The third kappa shape index (κ3) is 2.81. The molecule has 0 saturated heterocycles. The molecule has 1 saturated carbocycles. The van der Waals surface area contributed by atoms with Crippen molar-refractivity contribution in [1.82, 2.24) is 14.9 Å². The van der Waals surface area contributed by atoms with Gasteiger partial charge in [0.2, 0.25) is 0 Å². The molecule has 19 heavy (non-hydrogen) atoms. The monoisotopic (exact) mass is 263 g/mol. The SMILES string of the molecule is Fc1ccc(F)c(CNCc2cncn2C2CC2)c1. The Morgan fingerprint density at radius 3 is 2.89 bits per heavy atom. The first-order valence-electron chi connectivity index (χ1n) is 6.39. The Bertz CT molecular complexity index is 576. The van der Waals surface area contributed by atoms with Gasteiger partial charge >= 0.3 is 0 Å². The molecule has 1 heterocycles. The average Bonchev–Trinajstić information content (AvgIpc) is 3.14. The lowest BCUT2D eigenvalue weighted by atomic mass is 10.2. The van der Waals surface area contributed by atoms with E-state index in [2.05, 4.69) is 14.9 Å². The predicted molar refractivity (Wildman–Crippen MR) is 67.4 cm³/mol. The maximum Gasteiger partial charge on any atom is 0.127 e. The molecule has 5 heteroatoms. The Hall–Kier alpha value is -1.75. The quantitative estimate of drug-likeness (QED) is 0.899. The van der Waals surface area contributed by atoms with Crippen LogP contribution in [0, 0.1) is 11.6 Å². The summed E-state index contributed by atoms with van der Waals surface area (Å²) in [6, 6.07) is 4.08. The van der Waals surface area contributed by atoms with Crippen molar-refractivity contribution in [2.75, 3.05) is 0 Å². The van der Waals surface area contributed by atoms with Gasteiger partial charge in [-0.1, -0.05) is 0 Å². The average molecular weight is 263 g/mol. The molecule has 100 valence electrons. The molecule has 0 amide bonds. The smallest absolute Gasteiger partial charge is 0.127 e. The number of hydrogen-bond donors (Lipinski definition) is 1. The van der Waals surface area contributed by atoms with E-state index >= 15 is 0 Å². The van der Waals surface area contributed by atoms with Crippen LogP contribution in [0.4, 0.5) is 8.78 Å². The highest BCUT2D eigenvalue weighted by Gasteiger charge is 2.24. The zero-order valence-electron chi connectivity index (χ0n) is 10.4. The highest BCUT2D eigenvalue weighted by molar-refractivity contribution is 5.18. The van der Waals surface area contributed by atoms with Gasteiger partial charge in [-0.2, -0.15) is 0 Å². The molecule has 1 aliphatic rings. The Kier molecular flexibility index (Phi) is 3.29. The van der Waals surface area contributed by atoms with Crippen molar-refractivity contribution < 1.29 is 8.78 Å². The Morgan fingerprint density at radius 1 is 1.26 bits per heavy atom. The molecule has 0 spiro atoms. The lowest BCUT2D eigenvalue weighted by molar-refractivity contribution is 0.561. The van der Waals surface area contributed by atoms with Gasteiger partial charge in [0.1, 0.15) is 11.6 Å². The second-order valence-electron chi connectivity index (χ2n) is 4.86. The van der Waals surface area contributed by atoms with E-state index in [1.807, 2.05) is 12.5 Å². The summed E-state index contributed by atoms with van der Waals surface area (Å²) in [6.07, 6.45) is 6.04. The molecule has 1 N–H and O–H groups in total. The van der Waals surface area contributed by atoms with E-state index in [-0.39, 0.29) is 5.82 Å². The topological polar surface area (TPSA) is 29.9 Å². The van der Waals surface area contributed by atoms with Gasteiger partial charge in [0.15, 0.2) is 0 Å². The van der Waals surface area contributed by atoms with Gasteiger partial charge in [0.25, 0.3) is 0 Å². The van der Waals surface area contributed by atoms with E-state index < -0.39 is 5.82 Å². The van der Waals surface area contributed by atoms with E-state index in [1.165, 1.54) is 18.9 Å². The molecule has 1 aromatic carbocycles. The molecular weight excluding hydrogens is 248 g/mol.